The van der Waals surface area contributed by atoms with Crippen molar-refractivity contribution in [3.63, 3.8) is 0 Å². The molecule has 198 valence electrons. The molecule has 0 aliphatic rings. The highest BCUT2D eigenvalue weighted by Gasteiger charge is 2.33. The fourth-order valence-electron chi connectivity index (χ4n) is 3.66. The van der Waals surface area contributed by atoms with Crippen LogP contribution in [0.4, 0.5) is 5.69 Å². The molecule has 2 aromatic carbocycles. The molecule has 1 N–H and O–H groups in total. The molecule has 0 fully saturated rings. The standard InChI is InChI=1S/C25H32Cl3N3O4S/c1-6-22(25(33)29-13-16(2)3)30(14-18-20(27)10-7-11-21(18)28)24(32)15-31(36(5,34)35)23-12-8-9-19(26)17(23)4/h7-12,16,22H,6,13-15H2,1-5H3,(H,29,33)/t22-/m0/s1. The number of benzene rings is 2. The number of sulfonamides is 1. The fraction of sp³-hybridized carbons (Fsp3) is 0.440. The number of halogens is 3. The van der Waals surface area contributed by atoms with E-state index in [2.05, 4.69) is 5.32 Å². The second-order valence-corrected chi connectivity index (χ2v) is 12.1. The third-order valence-corrected chi connectivity index (χ3v) is 7.89. The van der Waals surface area contributed by atoms with Crippen LogP contribution in [0.2, 0.25) is 15.1 Å². The van der Waals surface area contributed by atoms with E-state index in [1.54, 1.807) is 50.2 Å². The minimum Gasteiger partial charge on any atom is -0.354 e. The zero-order valence-electron chi connectivity index (χ0n) is 21.0. The minimum atomic E-state index is -3.87. The van der Waals surface area contributed by atoms with Gasteiger partial charge in [0.2, 0.25) is 21.8 Å². The number of carbonyl (C=O) groups is 2. The first-order chi connectivity index (χ1) is 16.8. The molecule has 7 nitrogen and oxygen atoms in total. The van der Waals surface area contributed by atoms with Crippen LogP contribution in [0.15, 0.2) is 36.4 Å². The van der Waals surface area contributed by atoms with Gasteiger partial charge in [0.05, 0.1) is 11.9 Å². The summed E-state index contributed by atoms with van der Waals surface area (Å²) in [5, 5.41) is 3.91. The maximum absolute atomic E-state index is 13.8. The smallest absolute Gasteiger partial charge is 0.244 e. The molecular weight excluding hydrogens is 545 g/mol. The molecule has 2 amide bonds. The molecule has 0 heterocycles. The van der Waals surface area contributed by atoms with Crippen LogP contribution in [0.1, 0.15) is 38.3 Å². The van der Waals surface area contributed by atoms with Gasteiger partial charge in [0, 0.05) is 33.7 Å². The van der Waals surface area contributed by atoms with Gasteiger partial charge in [-0.25, -0.2) is 8.42 Å². The Bertz CT molecular complexity index is 1180. The first-order valence-corrected chi connectivity index (χ1v) is 14.5. The van der Waals surface area contributed by atoms with Gasteiger partial charge in [-0.1, -0.05) is 67.7 Å². The molecule has 0 aliphatic carbocycles. The number of nitrogens with zero attached hydrogens (tertiary/aromatic N) is 2. The summed E-state index contributed by atoms with van der Waals surface area (Å²) in [5.41, 5.74) is 1.26. The Hall–Kier alpha value is -2.00. The molecule has 36 heavy (non-hydrogen) atoms. The van der Waals surface area contributed by atoms with Crippen molar-refractivity contribution in [2.45, 2.75) is 46.7 Å². The zero-order valence-corrected chi connectivity index (χ0v) is 24.1. The first kappa shape index (κ1) is 30.2. The lowest BCUT2D eigenvalue weighted by atomic mass is 10.1. The highest BCUT2D eigenvalue weighted by Crippen LogP contribution is 2.30. The predicted molar refractivity (Wildman–Crippen MR) is 147 cm³/mol. The summed E-state index contributed by atoms with van der Waals surface area (Å²) >= 11 is 19.0. The van der Waals surface area contributed by atoms with Crippen molar-refractivity contribution < 1.29 is 18.0 Å². The Kier molecular flexibility index (Phi) is 10.9. The number of hydrogen-bond acceptors (Lipinski definition) is 4. The van der Waals surface area contributed by atoms with Crippen molar-refractivity contribution in [2.24, 2.45) is 5.92 Å². The van der Waals surface area contributed by atoms with Gasteiger partial charge in [-0.15, -0.1) is 0 Å². The SMILES string of the molecule is CC[C@@H](C(=O)NCC(C)C)N(Cc1c(Cl)cccc1Cl)C(=O)CN(c1cccc(Cl)c1C)S(C)(=O)=O. The molecule has 0 aromatic heterocycles. The van der Waals surface area contributed by atoms with E-state index < -0.39 is 28.5 Å². The number of anilines is 1. The van der Waals surface area contributed by atoms with Crippen molar-refractivity contribution >= 4 is 62.3 Å². The lowest BCUT2D eigenvalue weighted by Crippen LogP contribution is -2.52. The highest BCUT2D eigenvalue weighted by molar-refractivity contribution is 7.92. The third-order valence-electron chi connectivity index (χ3n) is 5.65. The Morgan fingerprint density at radius 1 is 1.00 bits per heavy atom. The molecule has 0 saturated heterocycles. The van der Waals surface area contributed by atoms with Gasteiger partial charge in [-0.2, -0.15) is 0 Å². The summed E-state index contributed by atoms with van der Waals surface area (Å²) < 4.78 is 26.5. The van der Waals surface area contributed by atoms with Crippen molar-refractivity contribution in [1.82, 2.24) is 10.2 Å². The van der Waals surface area contributed by atoms with Crippen molar-refractivity contribution in [1.29, 1.82) is 0 Å². The normalized spacial score (nSPS) is 12.4. The van der Waals surface area contributed by atoms with Gasteiger partial charge in [-0.05, 0) is 49.1 Å². The number of carbonyl (C=O) groups excluding carboxylic acids is 2. The topological polar surface area (TPSA) is 86.8 Å². The minimum absolute atomic E-state index is 0.0723. The molecule has 11 heteroatoms. The van der Waals surface area contributed by atoms with E-state index in [1.165, 1.54) is 4.90 Å². The first-order valence-electron chi connectivity index (χ1n) is 11.5. The second kappa shape index (κ2) is 13.0. The maximum atomic E-state index is 13.8. The van der Waals surface area contributed by atoms with E-state index in [4.69, 9.17) is 34.8 Å². The zero-order chi connectivity index (χ0) is 27.2. The molecule has 0 spiro atoms. The van der Waals surface area contributed by atoms with Gasteiger partial charge >= 0.3 is 0 Å². The van der Waals surface area contributed by atoms with Gasteiger partial charge < -0.3 is 10.2 Å². The molecule has 0 saturated carbocycles. The molecule has 0 unspecified atom stereocenters. The van der Waals surface area contributed by atoms with E-state index in [-0.39, 0.29) is 24.1 Å². The summed E-state index contributed by atoms with van der Waals surface area (Å²) in [6.07, 6.45) is 1.31. The predicted octanol–water partition coefficient (Wildman–Crippen LogP) is 5.30. The fourth-order valence-corrected chi connectivity index (χ4v) is 5.24. The number of rotatable bonds is 11. The quantitative estimate of drug-likeness (QED) is 0.393. The van der Waals surface area contributed by atoms with Crippen LogP contribution in [0.3, 0.4) is 0 Å². The summed E-state index contributed by atoms with van der Waals surface area (Å²) in [7, 11) is -3.87. The van der Waals surface area contributed by atoms with Crippen molar-refractivity contribution in [2.75, 3.05) is 23.7 Å². The van der Waals surface area contributed by atoms with Gasteiger partial charge in [0.25, 0.3) is 0 Å². The van der Waals surface area contributed by atoms with Crippen LogP contribution in [0.5, 0.6) is 0 Å². The number of amides is 2. The summed E-state index contributed by atoms with van der Waals surface area (Å²) in [6.45, 7) is 7.21. The van der Waals surface area contributed by atoms with Crippen molar-refractivity contribution in [3.05, 3.63) is 62.6 Å². The van der Waals surface area contributed by atoms with Gasteiger partial charge in [0.15, 0.2) is 0 Å². The number of nitrogens with one attached hydrogen (secondary N) is 1. The Morgan fingerprint density at radius 2 is 1.56 bits per heavy atom. The Morgan fingerprint density at radius 3 is 2.08 bits per heavy atom. The lowest BCUT2D eigenvalue weighted by Gasteiger charge is -2.33. The van der Waals surface area contributed by atoms with Crippen LogP contribution in [-0.4, -0.2) is 50.5 Å². The van der Waals surface area contributed by atoms with Crippen molar-refractivity contribution in [3.8, 4) is 0 Å². The summed E-state index contributed by atoms with van der Waals surface area (Å²) in [4.78, 5) is 28.2. The van der Waals surface area contributed by atoms with Crippen LogP contribution >= 0.6 is 34.8 Å². The monoisotopic (exact) mass is 575 g/mol. The molecule has 0 aliphatic heterocycles. The van der Waals surface area contributed by atoms with E-state index in [9.17, 15) is 18.0 Å². The number of hydrogen-bond donors (Lipinski definition) is 1. The largest absolute Gasteiger partial charge is 0.354 e. The molecule has 2 rings (SSSR count). The van der Waals surface area contributed by atoms with Crippen LogP contribution < -0.4 is 9.62 Å². The van der Waals surface area contributed by atoms with E-state index in [1.807, 2.05) is 13.8 Å². The lowest BCUT2D eigenvalue weighted by molar-refractivity contribution is -0.140. The highest BCUT2D eigenvalue weighted by atomic mass is 35.5. The maximum Gasteiger partial charge on any atom is 0.244 e. The summed E-state index contributed by atoms with van der Waals surface area (Å²) in [5.74, 6) is -0.713. The van der Waals surface area contributed by atoms with Crippen LogP contribution in [-0.2, 0) is 26.2 Å². The Balaban J connectivity index is 2.53. The van der Waals surface area contributed by atoms with Gasteiger partial charge in [-0.3, -0.25) is 13.9 Å². The average Bonchev–Trinajstić information content (AvgIpc) is 2.79. The Labute approximate surface area is 228 Å². The molecule has 1 atom stereocenters. The molecule has 0 radical (unpaired) electrons. The van der Waals surface area contributed by atoms with E-state index in [0.29, 0.717) is 39.2 Å². The molecule has 2 aromatic rings. The molecule has 0 bridgehead atoms. The molecular formula is C25H32Cl3N3O4S. The van der Waals surface area contributed by atoms with E-state index >= 15 is 0 Å². The van der Waals surface area contributed by atoms with E-state index in [0.717, 1.165) is 10.6 Å². The van der Waals surface area contributed by atoms with Crippen LogP contribution in [0, 0.1) is 12.8 Å². The second-order valence-electron chi connectivity index (χ2n) is 8.94. The average molecular weight is 577 g/mol. The van der Waals surface area contributed by atoms with Crippen LogP contribution in [0.25, 0.3) is 0 Å². The van der Waals surface area contributed by atoms with Gasteiger partial charge in [0.1, 0.15) is 12.6 Å². The third kappa shape index (κ3) is 7.75. The summed E-state index contributed by atoms with van der Waals surface area (Å²) in [6, 6.07) is 8.93.